The molecule has 1 unspecified atom stereocenters. The van der Waals surface area contributed by atoms with Gasteiger partial charge in [0.25, 0.3) is 5.91 Å². The second-order valence-electron chi connectivity index (χ2n) is 5.62. The Morgan fingerprint density at radius 1 is 1.29 bits per heavy atom. The van der Waals surface area contributed by atoms with Crippen LogP contribution in [0.2, 0.25) is 0 Å². The van der Waals surface area contributed by atoms with E-state index in [4.69, 9.17) is 4.74 Å². The van der Waals surface area contributed by atoms with Gasteiger partial charge in [0.1, 0.15) is 5.75 Å². The monoisotopic (exact) mass is 357 g/mol. The van der Waals surface area contributed by atoms with Crippen LogP contribution in [0.25, 0.3) is 0 Å². The highest BCUT2D eigenvalue weighted by molar-refractivity contribution is 7.92. The van der Waals surface area contributed by atoms with Crippen LogP contribution in [-0.4, -0.2) is 51.8 Å². The molecular weight excluding hydrogens is 330 g/mol. The van der Waals surface area contributed by atoms with Gasteiger partial charge in [-0.25, -0.2) is 8.42 Å². The van der Waals surface area contributed by atoms with E-state index in [-0.39, 0.29) is 12.1 Å². The summed E-state index contributed by atoms with van der Waals surface area (Å²) in [5.41, 5.74) is 1.30. The fraction of sp³-hybridized carbons (Fsp3) is 0.562. The Kier molecular flexibility index (Phi) is 7.04. The van der Waals surface area contributed by atoms with Gasteiger partial charge < -0.3 is 10.1 Å². The number of sulfonamides is 1. The Hall–Kier alpha value is -1.80. The van der Waals surface area contributed by atoms with E-state index < -0.39 is 10.0 Å². The van der Waals surface area contributed by atoms with Gasteiger partial charge in [0, 0.05) is 5.69 Å². The third-order valence-corrected chi connectivity index (χ3v) is 4.33. The molecule has 0 saturated carbocycles. The summed E-state index contributed by atoms with van der Waals surface area (Å²) in [5, 5.41) is 2.92. The van der Waals surface area contributed by atoms with Crippen LogP contribution < -0.4 is 14.8 Å². The van der Waals surface area contributed by atoms with E-state index in [9.17, 15) is 13.2 Å². The minimum Gasteiger partial charge on any atom is -0.496 e. The van der Waals surface area contributed by atoms with Crippen molar-refractivity contribution in [2.24, 2.45) is 0 Å². The lowest BCUT2D eigenvalue weighted by Crippen LogP contribution is -2.46. The van der Waals surface area contributed by atoms with Crippen molar-refractivity contribution in [3.05, 3.63) is 23.3 Å². The summed E-state index contributed by atoms with van der Waals surface area (Å²) >= 11 is 0. The second kappa shape index (κ2) is 8.34. The Morgan fingerprint density at radius 2 is 1.88 bits per heavy atom. The molecule has 2 N–H and O–H groups in total. The molecule has 0 bridgehead atoms. The first-order valence-corrected chi connectivity index (χ1v) is 9.73. The number of rotatable bonds is 8. The lowest BCUT2D eigenvalue weighted by molar-refractivity contribution is 0.0872. The van der Waals surface area contributed by atoms with Crippen molar-refractivity contribution >= 4 is 21.6 Å². The summed E-state index contributed by atoms with van der Waals surface area (Å²) in [4.78, 5) is 14.7. The van der Waals surface area contributed by atoms with Crippen LogP contribution in [-0.2, 0) is 10.0 Å². The zero-order valence-corrected chi connectivity index (χ0v) is 16.0. The molecule has 1 atom stereocenters. The van der Waals surface area contributed by atoms with Gasteiger partial charge in [0.15, 0.2) is 0 Å². The standard InChI is InChI=1S/C16H27N3O4S/c1-7-19(8-2)12(4)17-16(20)14-10-13(18-24(6,21)22)9-11(3)15(14)23-5/h9-10,12,18H,7-8H2,1-6H3,(H,17,20). The van der Waals surface area contributed by atoms with E-state index in [2.05, 4.69) is 14.9 Å². The predicted octanol–water partition coefficient (Wildman–Crippen LogP) is 1.79. The molecule has 136 valence electrons. The normalized spacial score (nSPS) is 12.8. The van der Waals surface area contributed by atoms with Gasteiger partial charge in [-0.2, -0.15) is 0 Å². The maximum absolute atomic E-state index is 12.6. The first-order valence-electron chi connectivity index (χ1n) is 7.84. The molecule has 1 aromatic rings. The lowest BCUT2D eigenvalue weighted by atomic mass is 10.1. The van der Waals surface area contributed by atoms with Crippen molar-refractivity contribution in [2.45, 2.75) is 33.9 Å². The average molecular weight is 357 g/mol. The minimum atomic E-state index is -3.43. The van der Waals surface area contributed by atoms with E-state index in [0.717, 1.165) is 19.3 Å². The second-order valence-corrected chi connectivity index (χ2v) is 7.37. The quantitative estimate of drug-likeness (QED) is 0.693. The van der Waals surface area contributed by atoms with Crippen LogP contribution in [0.4, 0.5) is 5.69 Å². The molecule has 7 nitrogen and oxygen atoms in total. The van der Waals surface area contributed by atoms with E-state index >= 15 is 0 Å². The number of nitrogens with one attached hydrogen (secondary N) is 2. The molecule has 0 heterocycles. The molecule has 8 heteroatoms. The smallest absolute Gasteiger partial charge is 0.256 e. The molecule has 0 aliphatic carbocycles. The number of hydrogen-bond acceptors (Lipinski definition) is 5. The summed E-state index contributed by atoms with van der Waals surface area (Å²) in [6.45, 7) is 9.33. The molecule has 0 radical (unpaired) electrons. The topological polar surface area (TPSA) is 87.7 Å². The summed E-state index contributed by atoms with van der Waals surface area (Å²) in [5.74, 6) is 0.116. The zero-order chi connectivity index (χ0) is 18.5. The van der Waals surface area contributed by atoms with Crippen LogP contribution in [0.15, 0.2) is 12.1 Å². The Balaban J connectivity index is 3.17. The molecule has 0 saturated heterocycles. The first kappa shape index (κ1) is 20.2. The van der Waals surface area contributed by atoms with Crippen molar-refractivity contribution in [1.29, 1.82) is 0 Å². The van der Waals surface area contributed by atoms with Crippen molar-refractivity contribution in [3.8, 4) is 5.75 Å². The van der Waals surface area contributed by atoms with Crippen molar-refractivity contribution in [3.63, 3.8) is 0 Å². The zero-order valence-electron chi connectivity index (χ0n) is 15.1. The molecule has 1 amide bonds. The number of hydrogen-bond donors (Lipinski definition) is 2. The molecule has 0 spiro atoms. The first-order chi connectivity index (χ1) is 11.1. The highest BCUT2D eigenvalue weighted by atomic mass is 32.2. The maximum atomic E-state index is 12.6. The Labute approximate surface area is 144 Å². The van der Waals surface area contributed by atoms with E-state index in [1.165, 1.54) is 13.2 Å². The van der Waals surface area contributed by atoms with Gasteiger partial charge in [0.2, 0.25) is 10.0 Å². The fourth-order valence-electron chi connectivity index (χ4n) is 2.62. The number of carbonyl (C=O) groups excluding carboxylic acids is 1. The van der Waals surface area contributed by atoms with E-state index in [0.29, 0.717) is 22.6 Å². The third-order valence-electron chi connectivity index (χ3n) is 3.73. The molecule has 1 rings (SSSR count). The van der Waals surface area contributed by atoms with E-state index in [1.54, 1.807) is 13.0 Å². The predicted molar refractivity (Wildman–Crippen MR) is 96.0 cm³/mol. The van der Waals surface area contributed by atoms with Crippen LogP contribution in [0, 0.1) is 6.92 Å². The van der Waals surface area contributed by atoms with Crippen LogP contribution >= 0.6 is 0 Å². The summed E-state index contributed by atoms with van der Waals surface area (Å²) in [6.07, 6.45) is 0.915. The number of methoxy groups -OCH3 is 1. The SMILES string of the molecule is CCN(CC)C(C)NC(=O)c1cc(NS(C)(=O)=O)cc(C)c1OC. The number of benzene rings is 1. The number of carbonyl (C=O) groups is 1. The largest absolute Gasteiger partial charge is 0.496 e. The summed E-state index contributed by atoms with van der Waals surface area (Å²) in [6, 6.07) is 3.11. The molecule has 0 aromatic heterocycles. The number of aryl methyl sites for hydroxylation is 1. The Morgan fingerprint density at radius 3 is 2.33 bits per heavy atom. The highest BCUT2D eigenvalue weighted by Crippen LogP contribution is 2.28. The van der Waals surface area contributed by atoms with Crippen LogP contribution in [0.3, 0.4) is 0 Å². The molecule has 0 aliphatic rings. The molecule has 0 aliphatic heterocycles. The minimum absolute atomic E-state index is 0.149. The molecule has 1 aromatic carbocycles. The molecular formula is C16H27N3O4S. The highest BCUT2D eigenvalue weighted by Gasteiger charge is 2.20. The van der Waals surface area contributed by atoms with Gasteiger partial charge in [-0.05, 0) is 44.6 Å². The average Bonchev–Trinajstić information content (AvgIpc) is 2.46. The number of anilines is 1. The fourth-order valence-corrected chi connectivity index (χ4v) is 3.16. The number of ether oxygens (including phenoxy) is 1. The van der Waals surface area contributed by atoms with Gasteiger partial charge in [-0.3, -0.25) is 14.4 Å². The van der Waals surface area contributed by atoms with Crippen molar-refractivity contribution in [2.75, 3.05) is 31.2 Å². The third kappa shape index (κ3) is 5.38. The Bertz CT molecular complexity index is 685. The van der Waals surface area contributed by atoms with Crippen LogP contribution in [0.5, 0.6) is 5.75 Å². The van der Waals surface area contributed by atoms with Gasteiger partial charge in [-0.1, -0.05) is 13.8 Å². The van der Waals surface area contributed by atoms with Crippen molar-refractivity contribution < 1.29 is 17.9 Å². The molecule has 0 fully saturated rings. The summed E-state index contributed by atoms with van der Waals surface area (Å²) in [7, 11) is -1.95. The van der Waals surface area contributed by atoms with E-state index in [1.807, 2.05) is 20.8 Å². The van der Waals surface area contributed by atoms with Gasteiger partial charge >= 0.3 is 0 Å². The number of nitrogens with zero attached hydrogens (tertiary/aromatic N) is 1. The lowest BCUT2D eigenvalue weighted by Gasteiger charge is -2.27. The van der Waals surface area contributed by atoms with Gasteiger partial charge in [0.05, 0.1) is 25.1 Å². The van der Waals surface area contributed by atoms with Gasteiger partial charge in [-0.15, -0.1) is 0 Å². The number of amides is 1. The molecule has 24 heavy (non-hydrogen) atoms. The summed E-state index contributed by atoms with van der Waals surface area (Å²) < 4.78 is 30.6. The maximum Gasteiger partial charge on any atom is 0.256 e. The van der Waals surface area contributed by atoms with Crippen LogP contribution in [0.1, 0.15) is 36.7 Å². The van der Waals surface area contributed by atoms with Crippen molar-refractivity contribution in [1.82, 2.24) is 10.2 Å².